The molecule has 0 unspecified atom stereocenters. The number of hydrogen-bond acceptors (Lipinski definition) is 3. The Morgan fingerprint density at radius 2 is 2.00 bits per heavy atom. The van der Waals surface area contributed by atoms with E-state index in [9.17, 15) is 4.79 Å². The normalized spacial score (nSPS) is 13.9. The Bertz CT molecular complexity index is 484. The summed E-state index contributed by atoms with van der Waals surface area (Å²) in [5, 5.41) is 2.85. The third kappa shape index (κ3) is 6.23. The van der Waals surface area contributed by atoms with E-state index in [1.807, 2.05) is 0 Å². The van der Waals surface area contributed by atoms with Crippen LogP contribution in [0, 0.1) is 5.92 Å². The van der Waals surface area contributed by atoms with Crippen LogP contribution in [-0.4, -0.2) is 24.1 Å². The molecule has 114 valence electrons. The standard InChI is InChI=1S/C16H22N2O2S/c17-16(21)13-5-7-14(8-6-13)18-15(19)2-1-10-20-11-9-12-3-4-12/h5-8,12H,1-4,9-11H2,(H2,17,21)(H,18,19). The van der Waals surface area contributed by atoms with Crippen LogP contribution in [0.1, 0.15) is 37.7 Å². The minimum absolute atomic E-state index is 0.00358. The van der Waals surface area contributed by atoms with E-state index in [1.165, 1.54) is 19.3 Å². The average molecular weight is 306 g/mol. The van der Waals surface area contributed by atoms with Crippen molar-refractivity contribution in [1.82, 2.24) is 0 Å². The predicted molar refractivity (Wildman–Crippen MR) is 88.4 cm³/mol. The van der Waals surface area contributed by atoms with Gasteiger partial charge in [0, 0.05) is 30.9 Å². The molecule has 0 heterocycles. The van der Waals surface area contributed by atoms with Gasteiger partial charge in [0.2, 0.25) is 5.91 Å². The summed E-state index contributed by atoms with van der Waals surface area (Å²) >= 11 is 4.88. The zero-order valence-corrected chi connectivity index (χ0v) is 13.0. The highest BCUT2D eigenvalue weighted by molar-refractivity contribution is 7.80. The first kappa shape index (κ1) is 15.9. The molecule has 0 atom stereocenters. The van der Waals surface area contributed by atoms with Crippen LogP contribution < -0.4 is 11.1 Å². The second-order valence-corrected chi connectivity index (χ2v) is 5.88. The topological polar surface area (TPSA) is 64.3 Å². The molecule has 1 aromatic carbocycles. The van der Waals surface area contributed by atoms with Gasteiger partial charge in [0.05, 0.1) is 0 Å². The number of carbonyl (C=O) groups excluding carboxylic acids is 1. The third-order valence-electron chi connectivity index (χ3n) is 3.51. The van der Waals surface area contributed by atoms with Gasteiger partial charge < -0.3 is 15.8 Å². The van der Waals surface area contributed by atoms with E-state index in [1.54, 1.807) is 24.3 Å². The van der Waals surface area contributed by atoms with E-state index in [2.05, 4.69) is 5.32 Å². The zero-order chi connectivity index (χ0) is 15.1. The van der Waals surface area contributed by atoms with E-state index in [0.717, 1.165) is 30.2 Å². The fourth-order valence-electron chi connectivity index (χ4n) is 2.03. The predicted octanol–water partition coefficient (Wildman–Crippen LogP) is 2.86. The monoisotopic (exact) mass is 306 g/mol. The van der Waals surface area contributed by atoms with Crippen LogP contribution >= 0.6 is 12.2 Å². The van der Waals surface area contributed by atoms with Crippen LogP contribution in [-0.2, 0) is 9.53 Å². The van der Waals surface area contributed by atoms with Crippen molar-refractivity contribution in [1.29, 1.82) is 0 Å². The number of ether oxygens (including phenoxy) is 1. The van der Waals surface area contributed by atoms with Crippen LogP contribution in [0.2, 0.25) is 0 Å². The van der Waals surface area contributed by atoms with E-state index in [-0.39, 0.29) is 5.91 Å². The first-order chi connectivity index (χ1) is 10.1. The summed E-state index contributed by atoms with van der Waals surface area (Å²) in [4.78, 5) is 12.1. The van der Waals surface area contributed by atoms with Gasteiger partial charge in [-0.2, -0.15) is 0 Å². The first-order valence-corrected chi connectivity index (χ1v) is 7.83. The van der Waals surface area contributed by atoms with Crippen molar-refractivity contribution in [2.45, 2.75) is 32.1 Å². The number of amides is 1. The van der Waals surface area contributed by atoms with Crippen LogP contribution in [0.25, 0.3) is 0 Å². The summed E-state index contributed by atoms with van der Waals surface area (Å²) in [5.74, 6) is 0.904. The summed E-state index contributed by atoms with van der Waals surface area (Å²) < 4.78 is 5.52. The quantitative estimate of drug-likeness (QED) is 0.544. The van der Waals surface area contributed by atoms with Gasteiger partial charge in [-0.05, 0) is 43.0 Å². The second kappa shape index (κ2) is 8.10. The lowest BCUT2D eigenvalue weighted by molar-refractivity contribution is -0.116. The van der Waals surface area contributed by atoms with Crippen LogP contribution in [0.15, 0.2) is 24.3 Å². The minimum Gasteiger partial charge on any atom is -0.389 e. The molecule has 1 amide bonds. The molecule has 1 fully saturated rings. The molecule has 21 heavy (non-hydrogen) atoms. The molecule has 4 nitrogen and oxygen atoms in total. The van der Waals surface area contributed by atoms with Crippen molar-refractivity contribution < 1.29 is 9.53 Å². The lowest BCUT2D eigenvalue weighted by Crippen LogP contribution is -2.13. The lowest BCUT2D eigenvalue weighted by atomic mass is 10.2. The number of nitrogens with one attached hydrogen (secondary N) is 1. The van der Waals surface area contributed by atoms with Crippen molar-refractivity contribution >= 4 is 28.8 Å². The molecule has 1 aliphatic rings. The molecule has 0 spiro atoms. The number of anilines is 1. The van der Waals surface area contributed by atoms with Crippen molar-refractivity contribution in [2.24, 2.45) is 11.7 Å². The van der Waals surface area contributed by atoms with Crippen LogP contribution in [0.3, 0.4) is 0 Å². The summed E-state index contributed by atoms with van der Waals surface area (Å²) in [6.45, 7) is 1.48. The van der Waals surface area contributed by atoms with Gasteiger partial charge in [0.15, 0.2) is 0 Å². The largest absolute Gasteiger partial charge is 0.389 e. The Morgan fingerprint density at radius 3 is 2.62 bits per heavy atom. The van der Waals surface area contributed by atoms with E-state index < -0.39 is 0 Å². The first-order valence-electron chi connectivity index (χ1n) is 7.42. The molecule has 0 radical (unpaired) electrons. The number of rotatable bonds is 9. The van der Waals surface area contributed by atoms with Gasteiger partial charge in [-0.15, -0.1) is 0 Å². The molecule has 1 aromatic rings. The molecule has 2 rings (SSSR count). The lowest BCUT2D eigenvalue weighted by Gasteiger charge is -2.07. The molecule has 0 saturated heterocycles. The highest BCUT2D eigenvalue weighted by atomic mass is 32.1. The summed E-state index contributed by atoms with van der Waals surface area (Å²) in [6.07, 6.45) is 5.11. The Hall–Kier alpha value is -1.46. The fourth-order valence-corrected chi connectivity index (χ4v) is 2.17. The number of carbonyl (C=O) groups is 1. The highest BCUT2D eigenvalue weighted by Crippen LogP contribution is 2.32. The molecule has 1 aliphatic carbocycles. The van der Waals surface area contributed by atoms with Gasteiger partial charge in [0.25, 0.3) is 0 Å². The number of nitrogens with two attached hydrogens (primary N) is 1. The van der Waals surface area contributed by atoms with E-state index in [0.29, 0.717) is 18.0 Å². The number of hydrogen-bond donors (Lipinski definition) is 2. The van der Waals surface area contributed by atoms with Crippen molar-refractivity contribution in [2.75, 3.05) is 18.5 Å². The molecular formula is C16H22N2O2S. The maximum atomic E-state index is 11.8. The number of thiocarbonyl (C=S) groups is 1. The molecular weight excluding hydrogens is 284 g/mol. The average Bonchev–Trinajstić information content (AvgIpc) is 3.27. The highest BCUT2D eigenvalue weighted by Gasteiger charge is 2.20. The van der Waals surface area contributed by atoms with Crippen molar-refractivity contribution in [3.05, 3.63) is 29.8 Å². The van der Waals surface area contributed by atoms with Gasteiger partial charge in [-0.3, -0.25) is 4.79 Å². The fraction of sp³-hybridized carbons (Fsp3) is 0.500. The van der Waals surface area contributed by atoms with Gasteiger partial charge in [-0.1, -0.05) is 25.1 Å². The molecule has 0 bridgehead atoms. The third-order valence-corrected chi connectivity index (χ3v) is 3.75. The minimum atomic E-state index is 0.00358. The summed E-state index contributed by atoms with van der Waals surface area (Å²) in [5.41, 5.74) is 7.08. The Balaban J connectivity index is 1.58. The van der Waals surface area contributed by atoms with Crippen LogP contribution in [0.4, 0.5) is 5.69 Å². The smallest absolute Gasteiger partial charge is 0.224 e. The molecule has 1 saturated carbocycles. The molecule has 0 aromatic heterocycles. The zero-order valence-electron chi connectivity index (χ0n) is 12.1. The van der Waals surface area contributed by atoms with Gasteiger partial charge in [0.1, 0.15) is 4.99 Å². The Morgan fingerprint density at radius 1 is 1.29 bits per heavy atom. The van der Waals surface area contributed by atoms with Crippen LogP contribution in [0.5, 0.6) is 0 Å². The van der Waals surface area contributed by atoms with Crippen molar-refractivity contribution in [3.63, 3.8) is 0 Å². The molecule has 3 N–H and O–H groups in total. The Kier molecular flexibility index (Phi) is 6.14. The SMILES string of the molecule is NC(=S)c1ccc(NC(=O)CCCOCCC2CC2)cc1. The number of benzene rings is 1. The van der Waals surface area contributed by atoms with E-state index in [4.69, 9.17) is 22.7 Å². The molecule has 5 heteroatoms. The van der Waals surface area contributed by atoms with Gasteiger partial charge >= 0.3 is 0 Å². The maximum absolute atomic E-state index is 11.8. The van der Waals surface area contributed by atoms with E-state index >= 15 is 0 Å². The summed E-state index contributed by atoms with van der Waals surface area (Å²) in [7, 11) is 0. The van der Waals surface area contributed by atoms with Crippen molar-refractivity contribution in [3.8, 4) is 0 Å². The maximum Gasteiger partial charge on any atom is 0.224 e. The molecule has 0 aliphatic heterocycles. The Labute approximate surface area is 131 Å². The van der Waals surface area contributed by atoms with Gasteiger partial charge in [-0.25, -0.2) is 0 Å². The summed E-state index contributed by atoms with van der Waals surface area (Å²) in [6, 6.07) is 7.22. The second-order valence-electron chi connectivity index (χ2n) is 5.44.